The minimum absolute atomic E-state index is 0.00843. The second-order valence-electron chi connectivity index (χ2n) is 4.52. The Bertz CT molecular complexity index is 367. The van der Waals surface area contributed by atoms with Gasteiger partial charge in [-0.2, -0.15) is 0 Å². The normalized spacial score (nSPS) is 15.8. The molecule has 0 aliphatic heterocycles. The smallest absolute Gasteiger partial charge is 0.224 e. The van der Waals surface area contributed by atoms with Gasteiger partial charge in [0.1, 0.15) is 0 Å². The standard InChI is InChI=1S/C14H22N2O2/c1-10(18-3)9-16-14(17)11(2)13(15)12-7-5-4-6-8-12/h4-8,10-11,13H,9,15H2,1-3H3,(H,16,17). The van der Waals surface area contributed by atoms with Crippen LogP contribution >= 0.6 is 0 Å². The van der Waals surface area contributed by atoms with Gasteiger partial charge in [-0.05, 0) is 12.5 Å². The van der Waals surface area contributed by atoms with Crippen molar-refractivity contribution in [2.45, 2.75) is 26.0 Å². The van der Waals surface area contributed by atoms with Gasteiger partial charge in [0, 0.05) is 19.7 Å². The molecule has 0 aliphatic rings. The van der Waals surface area contributed by atoms with Crippen LogP contribution in [0.3, 0.4) is 0 Å². The molecule has 100 valence electrons. The van der Waals surface area contributed by atoms with E-state index in [4.69, 9.17) is 10.5 Å². The predicted molar refractivity (Wildman–Crippen MR) is 72.0 cm³/mol. The molecule has 0 saturated heterocycles. The van der Waals surface area contributed by atoms with Crippen molar-refractivity contribution in [2.24, 2.45) is 11.7 Å². The molecule has 0 aliphatic carbocycles. The molecule has 3 N–H and O–H groups in total. The maximum Gasteiger partial charge on any atom is 0.224 e. The van der Waals surface area contributed by atoms with E-state index in [0.717, 1.165) is 5.56 Å². The van der Waals surface area contributed by atoms with Gasteiger partial charge in [-0.25, -0.2) is 0 Å². The summed E-state index contributed by atoms with van der Waals surface area (Å²) in [7, 11) is 1.62. The van der Waals surface area contributed by atoms with Crippen molar-refractivity contribution in [3.05, 3.63) is 35.9 Å². The van der Waals surface area contributed by atoms with E-state index in [2.05, 4.69) is 5.32 Å². The Hall–Kier alpha value is -1.39. The van der Waals surface area contributed by atoms with Gasteiger partial charge in [0.15, 0.2) is 0 Å². The molecule has 0 saturated carbocycles. The van der Waals surface area contributed by atoms with Crippen LogP contribution in [0.15, 0.2) is 30.3 Å². The predicted octanol–water partition coefficient (Wildman–Crippen LogP) is 1.47. The number of amides is 1. The molecule has 4 nitrogen and oxygen atoms in total. The first-order chi connectivity index (χ1) is 8.56. The van der Waals surface area contributed by atoms with E-state index >= 15 is 0 Å². The molecular weight excluding hydrogens is 228 g/mol. The topological polar surface area (TPSA) is 64.3 Å². The quantitative estimate of drug-likeness (QED) is 0.803. The average molecular weight is 250 g/mol. The Morgan fingerprint density at radius 1 is 1.33 bits per heavy atom. The van der Waals surface area contributed by atoms with Gasteiger partial charge >= 0.3 is 0 Å². The number of ether oxygens (including phenoxy) is 1. The van der Waals surface area contributed by atoms with Crippen molar-refractivity contribution in [3.8, 4) is 0 Å². The minimum atomic E-state index is -0.288. The Morgan fingerprint density at radius 3 is 2.50 bits per heavy atom. The van der Waals surface area contributed by atoms with Crippen LogP contribution in [0, 0.1) is 5.92 Å². The molecule has 18 heavy (non-hydrogen) atoms. The first-order valence-corrected chi connectivity index (χ1v) is 6.17. The number of benzene rings is 1. The Balaban J connectivity index is 2.53. The minimum Gasteiger partial charge on any atom is -0.380 e. The summed E-state index contributed by atoms with van der Waals surface area (Å²) in [5, 5.41) is 2.84. The lowest BCUT2D eigenvalue weighted by Gasteiger charge is -2.20. The molecular formula is C14H22N2O2. The number of hydrogen-bond donors (Lipinski definition) is 2. The van der Waals surface area contributed by atoms with E-state index in [1.807, 2.05) is 44.2 Å². The number of nitrogens with one attached hydrogen (secondary N) is 1. The van der Waals surface area contributed by atoms with Crippen LogP contribution in [0.25, 0.3) is 0 Å². The van der Waals surface area contributed by atoms with Gasteiger partial charge in [-0.3, -0.25) is 4.79 Å². The summed E-state index contributed by atoms with van der Waals surface area (Å²) in [5.41, 5.74) is 7.06. The van der Waals surface area contributed by atoms with Crippen molar-refractivity contribution in [1.29, 1.82) is 0 Å². The summed E-state index contributed by atoms with van der Waals surface area (Å²) in [6.45, 7) is 4.24. The number of nitrogens with two attached hydrogens (primary N) is 1. The van der Waals surface area contributed by atoms with Crippen LogP contribution in [0.2, 0.25) is 0 Å². The lowest BCUT2D eigenvalue weighted by Crippen LogP contribution is -2.39. The summed E-state index contributed by atoms with van der Waals surface area (Å²) >= 11 is 0. The fraction of sp³-hybridized carbons (Fsp3) is 0.500. The highest BCUT2D eigenvalue weighted by Gasteiger charge is 2.22. The molecule has 0 bridgehead atoms. The fourth-order valence-electron chi connectivity index (χ4n) is 1.62. The van der Waals surface area contributed by atoms with Gasteiger partial charge in [0.2, 0.25) is 5.91 Å². The highest BCUT2D eigenvalue weighted by molar-refractivity contribution is 5.79. The third kappa shape index (κ3) is 4.13. The maximum atomic E-state index is 11.9. The summed E-state index contributed by atoms with van der Waals surface area (Å²) in [6.07, 6.45) is 0.00843. The summed E-state index contributed by atoms with van der Waals surface area (Å²) in [5.74, 6) is -0.313. The first-order valence-electron chi connectivity index (χ1n) is 6.17. The van der Waals surface area contributed by atoms with Crippen molar-refractivity contribution in [3.63, 3.8) is 0 Å². The number of hydrogen-bond acceptors (Lipinski definition) is 3. The van der Waals surface area contributed by atoms with E-state index in [1.54, 1.807) is 7.11 Å². The second kappa shape index (κ2) is 7.13. The zero-order valence-electron chi connectivity index (χ0n) is 11.2. The second-order valence-corrected chi connectivity index (χ2v) is 4.52. The van der Waals surface area contributed by atoms with Crippen molar-refractivity contribution >= 4 is 5.91 Å². The van der Waals surface area contributed by atoms with Gasteiger partial charge in [0.05, 0.1) is 12.0 Å². The van der Waals surface area contributed by atoms with Crippen molar-refractivity contribution < 1.29 is 9.53 Å². The van der Waals surface area contributed by atoms with Gasteiger partial charge in [-0.1, -0.05) is 37.3 Å². The Labute approximate surface area is 109 Å². The van der Waals surface area contributed by atoms with Crippen LogP contribution < -0.4 is 11.1 Å². The molecule has 0 heterocycles. The van der Waals surface area contributed by atoms with Crippen molar-refractivity contribution in [2.75, 3.05) is 13.7 Å². The largest absolute Gasteiger partial charge is 0.380 e. The molecule has 3 unspecified atom stereocenters. The zero-order valence-corrected chi connectivity index (χ0v) is 11.2. The number of methoxy groups -OCH3 is 1. The van der Waals surface area contributed by atoms with Crippen LogP contribution in [-0.4, -0.2) is 25.7 Å². The Kier molecular flexibility index (Phi) is 5.82. The molecule has 1 rings (SSSR count). The molecule has 3 atom stereocenters. The van der Waals surface area contributed by atoms with E-state index in [-0.39, 0.29) is 24.0 Å². The van der Waals surface area contributed by atoms with E-state index in [1.165, 1.54) is 0 Å². The van der Waals surface area contributed by atoms with E-state index in [9.17, 15) is 4.79 Å². The monoisotopic (exact) mass is 250 g/mol. The number of rotatable bonds is 6. The third-order valence-electron chi connectivity index (χ3n) is 3.10. The maximum absolute atomic E-state index is 11.9. The lowest BCUT2D eigenvalue weighted by molar-refractivity contribution is -0.125. The van der Waals surface area contributed by atoms with E-state index in [0.29, 0.717) is 6.54 Å². The zero-order chi connectivity index (χ0) is 13.5. The van der Waals surface area contributed by atoms with Gasteiger partial charge in [0.25, 0.3) is 0 Å². The average Bonchev–Trinajstić information content (AvgIpc) is 2.43. The van der Waals surface area contributed by atoms with Crippen LogP contribution in [0.1, 0.15) is 25.5 Å². The third-order valence-corrected chi connectivity index (χ3v) is 3.10. The van der Waals surface area contributed by atoms with E-state index < -0.39 is 0 Å². The molecule has 1 amide bonds. The van der Waals surface area contributed by atoms with Crippen LogP contribution in [0.5, 0.6) is 0 Å². The first kappa shape index (κ1) is 14.7. The summed E-state index contributed by atoms with van der Waals surface area (Å²) in [6, 6.07) is 9.36. The molecule has 0 spiro atoms. The Morgan fingerprint density at radius 2 is 1.94 bits per heavy atom. The summed E-state index contributed by atoms with van der Waals surface area (Å²) < 4.78 is 5.08. The number of carbonyl (C=O) groups is 1. The van der Waals surface area contributed by atoms with Crippen molar-refractivity contribution in [1.82, 2.24) is 5.32 Å². The molecule has 0 radical (unpaired) electrons. The summed E-state index contributed by atoms with van der Waals surface area (Å²) in [4.78, 5) is 11.9. The fourth-order valence-corrected chi connectivity index (χ4v) is 1.62. The number of carbonyl (C=O) groups excluding carboxylic acids is 1. The highest BCUT2D eigenvalue weighted by Crippen LogP contribution is 2.18. The molecule has 1 aromatic carbocycles. The highest BCUT2D eigenvalue weighted by atomic mass is 16.5. The molecule has 0 aromatic heterocycles. The SMILES string of the molecule is COC(C)CNC(=O)C(C)C(N)c1ccccc1. The van der Waals surface area contributed by atoms with Gasteiger partial charge < -0.3 is 15.8 Å². The lowest BCUT2D eigenvalue weighted by atomic mass is 9.94. The van der Waals surface area contributed by atoms with Crippen LogP contribution in [-0.2, 0) is 9.53 Å². The molecule has 1 aromatic rings. The van der Waals surface area contributed by atoms with Gasteiger partial charge in [-0.15, -0.1) is 0 Å². The molecule has 0 fully saturated rings. The molecule has 4 heteroatoms. The van der Waals surface area contributed by atoms with Crippen LogP contribution in [0.4, 0.5) is 0 Å².